The van der Waals surface area contributed by atoms with Crippen molar-refractivity contribution in [3.8, 4) is 0 Å². The number of carbonyl (C=O) groups is 1. The van der Waals surface area contributed by atoms with Gasteiger partial charge in [0.1, 0.15) is 0 Å². The third kappa shape index (κ3) is 3.83. The van der Waals surface area contributed by atoms with E-state index in [-0.39, 0.29) is 17.6 Å². The van der Waals surface area contributed by atoms with Crippen molar-refractivity contribution >= 4 is 17.4 Å². The van der Waals surface area contributed by atoms with E-state index in [4.69, 9.17) is 0 Å². The van der Waals surface area contributed by atoms with E-state index >= 15 is 0 Å². The minimum atomic E-state index is -0.420. The third-order valence-corrected chi connectivity index (χ3v) is 5.08. The molecule has 0 bridgehead atoms. The van der Waals surface area contributed by atoms with E-state index in [1.165, 1.54) is 12.5 Å². The van der Waals surface area contributed by atoms with Crippen LogP contribution in [0.1, 0.15) is 44.9 Å². The second kappa shape index (κ2) is 7.59. The van der Waals surface area contributed by atoms with E-state index in [2.05, 4.69) is 10.3 Å². The van der Waals surface area contributed by atoms with Gasteiger partial charge in [0.15, 0.2) is 0 Å². The Balaban J connectivity index is 1.54. The number of pyridine rings is 1. The number of hydrogen-bond acceptors (Lipinski definition) is 5. The molecule has 7 nitrogen and oxygen atoms in total. The summed E-state index contributed by atoms with van der Waals surface area (Å²) in [5.41, 5.74) is -0.00166. The number of amides is 1. The number of nitro groups is 1. The topological polar surface area (TPSA) is 88.4 Å². The summed E-state index contributed by atoms with van der Waals surface area (Å²) in [6.07, 6.45) is 8.78. The van der Waals surface area contributed by atoms with E-state index in [0.29, 0.717) is 24.8 Å². The third-order valence-electron chi connectivity index (χ3n) is 5.08. The van der Waals surface area contributed by atoms with Gasteiger partial charge in [0.05, 0.1) is 4.92 Å². The number of aromatic nitrogens is 1. The number of carbonyl (C=O) groups excluding carboxylic acids is 1. The number of likely N-dealkylation sites (tertiary alicyclic amines) is 1. The lowest BCUT2D eigenvalue weighted by molar-refractivity contribution is -0.384. The molecule has 2 aliphatic rings. The fourth-order valence-corrected chi connectivity index (χ4v) is 3.70. The molecule has 0 unspecified atom stereocenters. The Hall–Kier alpha value is -2.18. The van der Waals surface area contributed by atoms with Gasteiger partial charge in [0.2, 0.25) is 11.7 Å². The lowest BCUT2D eigenvalue weighted by atomic mass is 9.87. The predicted octanol–water partition coefficient (Wildman–Crippen LogP) is 2.97. The van der Waals surface area contributed by atoms with Gasteiger partial charge in [-0.15, -0.1) is 0 Å². The first-order valence-electron chi connectivity index (χ1n) is 8.80. The molecule has 1 saturated heterocycles. The van der Waals surface area contributed by atoms with Crippen LogP contribution in [0.2, 0.25) is 0 Å². The first-order valence-corrected chi connectivity index (χ1v) is 8.80. The maximum Gasteiger partial charge on any atom is 0.311 e. The molecule has 0 atom stereocenters. The fraction of sp³-hybridized carbons (Fsp3) is 0.647. The van der Waals surface area contributed by atoms with Crippen molar-refractivity contribution in [2.24, 2.45) is 5.92 Å². The maximum atomic E-state index is 12.6. The lowest BCUT2D eigenvalue weighted by Crippen LogP contribution is -2.45. The van der Waals surface area contributed by atoms with Gasteiger partial charge in [-0.3, -0.25) is 14.9 Å². The fourth-order valence-electron chi connectivity index (χ4n) is 3.70. The number of anilines is 1. The van der Waals surface area contributed by atoms with Gasteiger partial charge in [-0.2, -0.15) is 0 Å². The molecule has 1 saturated carbocycles. The number of nitrogens with one attached hydrogen (secondary N) is 1. The van der Waals surface area contributed by atoms with Crippen LogP contribution in [-0.2, 0) is 4.79 Å². The zero-order valence-electron chi connectivity index (χ0n) is 13.8. The molecule has 1 N–H and O–H groups in total. The monoisotopic (exact) mass is 332 g/mol. The van der Waals surface area contributed by atoms with E-state index in [9.17, 15) is 14.9 Å². The molecule has 130 valence electrons. The van der Waals surface area contributed by atoms with Gasteiger partial charge in [-0.05, 0) is 31.7 Å². The summed E-state index contributed by atoms with van der Waals surface area (Å²) in [7, 11) is 0. The highest BCUT2D eigenvalue weighted by molar-refractivity contribution is 5.79. The second-order valence-corrected chi connectivity index (χ2v) is 6.71. The molecule has 7 heteroatoms. The van der Waals surface area contributed by atoms with Crippen molar-refractivity contribution < 1.29 is 9.72 Å². The molecule has 2 fully saturated rings. The van der Waals surface area contributed by atoms with Gasteiger partial charge < -0.3 is 10.2 Å². The van der Waals surface area contributed by atoms with E-state index in [1.54, 1.807) is 12.3 Å². The van der Waals surface area contributed by atoms with E-state index in [1.807, 2.05) is 4.90 Å². The second-order valence-electron chi connectivity index (χ2n) is 6.71. The molecule has 0 spiro atoms. The van der Waals surface area contributed by atoms with Gasteiger partial charge in [-0.1, -0.05) is 19.3 Å². The zero-order chi connectivity index (χ0) is 16.9. The first kappa shape index (κ1) is 16.7. The average Bonchev–Trinajstić information content (AvgIpc) is 2.63. The van der Waals surface area contributed by atoms with Crippen molar-refractivity contribution in [1.29, 1.82) is 0 Å². The lowest BCUT2D eigenvalue weighted by Gasteiger charge is -2.35. The quantitative estimate of drug-likeness (QED) is 0.676. The summed E-state index contributed by atoms with van der Waals surface area (Å²) in [5.74, 6) is 0.830. The van der Waals surface area contributed by atoms with Crippen LogP contribution in [0, 0.1) is 16.0 Å². The molecule has 2 heterocycles. The van der Waals surface area contributed by atoms with Crippen molar-refractivity contribution in [3.63, 3.8) is 0 Å². The number of rotatable bonds is 4. The summed E-state index contributed by atoms with van der Waals surface area (Å²) in [4.78, 5) is 29.3. The van der Waals surface area contributed by atoms with Crippen LogP contribution in [0.3, 0.4) is 0 Å². The number of piperidine rings is 1. The van der Waals surface area contributed by atoms with Crippen LogP contribution >= 0.6 is 0 Å². The highest BCUT2D eigenvalue weighted by atomic mass is 16.6. The van der Waals surface area contributed by atoms with E-state index in [0.717, 1.165) is 38.5 Å². The normalized spacial score (nSPS) is 19.9. The Morgan fingerprint density at radius 2 is 1.92 bits per heavy atom. The van der Waals surface area contributed by atoms with Crippen LogP contribution < -0.4 is 5.32 Å². The smallest absolute Gasteiger partial charge is 0.311 e. The van der Waals surface area contributed by atoms with Crippen molar-refractivity contribution in [1.82, 2.24) is 9.88 Å². The highest BCUT2D eigenvalue weighted by Crippen LogP contribution is 2.28. The molecule has 3 rings (SSSR count). The predicted molar refractivity (Wildman–Crippen MR) is 90.7 cm³/mol. The van der Waals surface area contributed by atoms with Crippen LogP contribution in [-0.4, -0.2) is 39.8 Å². The van der Waals surface area contributed by atoms with Gasteiger partial charge in [-0.25, -0.2) is 4.98 Å². The molecular weight excluding hydrogens is 308 g/mol. The molecule has 0 radical (unpaired) electrons. The van der Waals surface area contributed by atoms with Crippen LogP contribution in [0.25, 0.3) is 0 Å². The van der Waals surface area contributed by atoms with Crippen molar-refractivity contribution in [2.45, 2.75) is 51.0 Å². The Morgan fingerprint density at radius 1 is 1.21 bits per heavy atom. The molecule has 24 heavy (non-hydrogen) atoms. The van der Waals surface area contributed by atoms with Gasteiger partial charge in [0, 0.05) is 37.3 Å². The van der Waals surface area contributed by atoms with Crippen LogP contribution in [0.15, 0.2) is 18.3 Å². The maximum absolute atomic E-state index is 12.6. The molecule has 1 amide bonds. The minimum absolute atomic E-state index is 0.00166. The highest BCUT2D eigenvalue weighted by Gasteiger charge is 2.29. The standard InChI is InChI=1S/C17H24N4O3/c22-17(13-5-2-1-3-6-13)20-11-8-14(9-12-20)19-16-15(21(23)24)7-4-10-18-16/h4,7,10,13-14H,1-3,5-6,8-9,11-12H2,(H,18,19). The van der Waals surface area contributed by atoms with Crippen LogP contribution in [0.4, 0.5) is 11.5 Å². The van der Waals surface area contributed by atoms with Gasteiger partial charge >= 0.3 is 5.69 Å². The van der Waals surface area contributed by atoms with Crippen molar-refractivity contribution in [2.75, 3.05) is 18.4 Å². The number of hydrogen-bond donors (Lipinski definition) is 1. The Kier molecular flexibility index (Phi) is 5.27. The molecule has 0 aromatic carbocycles. The molecule has 1 aliphatic heterocycles. The minimum Gasteiger partial charge on any atom is -0.361 e. The first-order chi connectivity index (χ1) is 11.6. The zero-order valence-corrected chi connectivity index (χ0v) is 13.8. The van der Waals surface area contributed by atoms with Crippen molar-refractivity contribution in [3.05, 3.63) is 28.4 Å². The SMILES string of the molecule is O=C(C1CCCCC1)N1CCC(Nc2ncccc2[N+](=O)[O-])CC1. The summed E-state index contributed by atoms with van der Waals surface area (Å²) in [6.45, 7) is 1.43. The molecular formula is C17H24N4O3. The molecule has 1 aliphatic carbocycles. The average molecular weight is 332 g/mol. The largest absolute Gasteiger partial charge is 0.361 e. The molecule has 1 aromatic heterocycles. The molecule has 1 aromatic rings. The van der Waals surface area contributed by atoms with Gasteiger partial charge in [0.25, 0.3) is 0 Å². The summed E-state index contributed by atoms with van der Waals surface area (Å²) >= 11 is 0. The van der Waals surface area contributed by atoms with Crippen LogP contribution in [0.5, 0.6) is 0 Å². The Bertz CT molecular complexity index is 593. The summed E-state index contributed by atoms with van der Waals surface area (Å²) in [6, 6.07) is 3.14. The Morgan fingerprint density at radius 3 is 2.58 bits per heavy atom. The summed E-state index contributed by atoms with van der Waals surface area (Å²) < 4.78 is 0. The van der Waals surface area contributed by atoms with E-state index < -0.39 is 4.92 Å². The Labute approximate surface area is 141 Å². The number of nitrogens with zero attached hydrogens (tertiary/aromatic N) is 3. The summed E-state index contributed by atoms with van der Waals surface area (Å²) in [5, 5.41) is 14.2.